The molecule has 0 spiro atoms. The molecule has 3 aromatic carbocycles. The van der Waals surface area contributed by atoms with E-state index >= 15 is 0 Å². The normalized spacial score (nSPS) is 12.2. The summed E-state index contributed by atoms with van der Waals surface area (Å²) in [4.78, 5) is 15.4. The van der Waals surface area contributed by atoms with E-state index < -0.39 is 0 Å². The molecule has 3 nitrogen and oxygen atoms in total. The Morgan fingerprint density at radius 3 is 2.09 bits per heavy atom. The molecule has 3 aromatic rings. The molecule has 0 aliphatic rings. The highest BCUT2D eigenvalue weighted by Gasteiger charge is 2.23. The van der Waals surface area contributed by atoms with Gasteiger partial charge < -0.3 is 4.74 Å². The molecule has 0 aromatic heterocycles. The van der Waals surface area contributed by atoms with Gasteiger partial charge in [-0.1, -0.05) is 66.8 Å². The van der Waals surface area contributed by atoms with Gasteiger partial charge in [0.1, 0.15) is 5.75 Å². The fourth-order valence-electron chi connectivity index (χ4n) is 4.32. The van der Waals surface area contributed by atoms with Crippen LogP contribution in [0.1, 0.15) is 67.1 Å². The summed E-state index contributed by atoms with van der Waals surface area (Å²) < 4.78 is 5.93. The van der Waals surface area contributed by atoms with Gasteiger partial charge in [0.25, 0.3) is 0 Å². The Morgan fingerprint density at radius 1 is 0.909 bits per heavy atom. The minimum Gasteiger partial charge on any atom is -0.423 e. The second-order valence-electron chi connectivity index (χ2n) is 8.85. The van der Waals surface area contributed by atoms with Crippen molar-refractivity contribution in [2.75, 3.05) is 6.54 Å². The summed E-state index contributed by atoms with van der Waals surface area (Å²) in [6.07, 6.45) is 0.900. The number of benzene rings is 3. The van der Waals surface area contributed by atoms with Gasteiger partial charge in [-0.25, -0.2) is 4.79 Å². The Bertz CT molecular complexity index is 1040. The van der Waals surface area contributed by atoms with Crippen LogP contribution >= 0.6 is 12.2 Å². The van der Waals surface area contributed by atoms with Crippen molar-refractivity contribution in [3.05, 3.63) is 101 Å². The first-order valence-electron chi connectivity index (χ1n) is 11.6. The van der Waals surface area contributed by atoms with E-state index in [0.29, 0.717) is 23.4 Å². The summed E-state index contributed by atoms with van der Waals surface area (Å²) in [5.41, 5.74) is 3.65. The van der Waals surface area contributed by atoms with Crippen molar-refractivity contribution in [1.29, 1.82) is 0 Å². The van der Waals surface area contributed by atoms with Crippen molar-refractivity contribution in [2.45, 2.75) is 52.1 Å². The third-order valence-corrected chi connectivity index (χ3v) is 6.23. The molecular formula is C29H33NO2S. The molecule has 0 amide bonds. The summed E-state index contributed by atoms with van der Waals surface area (Å²) in [5, 5.41) is 1.67. The van der Waals surface area contributed by atoms with Crippen molar-refractivity contribution in [2.24, 2.45) is 0 Å². The topological polar surface area (TPSA) is 29.5 Å². The number of nitrogens with zero attached hydrogens (tertiary/aromatic N) is 1. The summed E-state index contributed by atoms with van der Waals surface area (Å²) >= 11 is 5.22. The molecule has 0 fully saturated rings. The molecule has 4 heteroatoms. The molecule has 0 aliphatic carbocycles. The zero-order chi connectivity index (χ0) is 23.8. The van der Waals surface area contributed by atoms with Gasteiger partial charge in [-0.15, -0.1) is 0 Å². The molecular weight excluding hydrogens is 426 g/mol. The number of rotatable bonds is 10. The molecule has 172 valence electrons. The molecule has 0 saturated heterocycles. The van der Waals surface area contributed by atoms with Crippen LogP contribution in [-0.2, 0) is 0 Å². The molecule has 0 bridgehead atoms. The van der Waals surface area contributed by atoms with Crippen molar-refractivity contribution in [3.8, 4) is 5.75 Å². The number of thiocarbonyl (C=S) groups is 1. The smallest absolute Gasteiger partial charge is 0.343 e. The maximum Gasteiger partial charge on any atom is 0.343 e. The van der Waals surface area contributed by atoms with Gasteiger partial charge in [0, 0.05) is 28.9 Å². The number of hydrogen-bond acceptors (Lipinski definition) is 4. The average Bonchev–Trinajstić information content (AvgIpc) is 2.83. The highest BCUT2D eigenvalue weighted by atomic mass is 32.1. The molecule has 0 radical (unpaired) electrons. The van der Waals surface area contributed by atoms with Gasteiger partial charge in [0.15, 0.2) is 0 Å². The quantitative estimate of drug-likeness (QED) is 0.187. The summed E-state index contributed by atoms with van der Waals surface area (Å²) in [6, 6.07) is 26.3. The number of ether oxygens (including phenoxy) is 1. The monoisotopic (exact) mass is 459 g/mol. The molecule has 1 unspecified atom stereocenters. The highest BCUT2D eigenvalue weighted by molar-refractivity contribution is 7.79. The zero-order valence-electron chi connectivity index (χ0n) is 19.9. The summed E-state index contributed by atoms with van der Waals surface area (Å²) in [7, 11) is 0. The van der Waals surface area contributed by atoms with Crippen LogP contribution in [0, 0.1) is 0 Å². The first kappa shape index (κ1) is 24.8. The van der Waals surface area contributed by atoms with Crippen LogP contribution in [0.5, 0.6) is 5.75 Å². The van der Waals surface area contributed by atoms with Crippen LogP contribution in [0.25, 0.3) is 0 Å². The van der Waals surface area contributed by atoms with E-state index in [4.69, 9.17) is 17.0 Å². The van der Waals surface area contributed by atoms with Crippen molar-refractivity contribution < 1.29 is 9.53 Å². The molecule has 0 heterocycles. The van der Waals surface area contributed by atoms with Crippen molar-refractivity contribution >= 4 is 23.6 Å². The standard InChI is InChI=1S/C29H33NO2S/c1-21(2)30(22(3)4)18-17-26(24-11-7-5-8-12-24)27-19-23(20-33)15-16-28(27)32-29(31)25-13-9-6-10-14-25/h5-16,19-22,26H,17-18H2,1-4H3. The Kier molecular flexibility index (Phi) is 8.93. The van der Waals surface area contributed by atoms with Gasteiger partial charge in [-0.2, -0.15) is 0 Å². The van der Waals surface area contributed by atoms with E-state index in [0.717, 1.165) is 24.1 Å². The van der Waals surface area contributed by atoms with Crippen LogP contribution in [0.4, 0.5) is 0 Å². The molecule has 0 aliphatic heterocycles. The van der Waals surface area contributed by atoms with Gasteiger partial charge in [0.2, 0.25) is 0 Å². The number of carbonyl (C=O) groups excluding carboxylic acids is 1. The Balaban J connectivity index is 2.01. The van der Waals surface area contributed by atoms with E-state index in [1.807, 2.05) is 36.4 Å². The average molecular weight is 460 g/mol. The largest absolute Gasteiger partial charge is 0.423 e. The number of esters is 1. The van der Waals surface area contributed by atoms with Crippen LogP contribution in [0.15, 0.2) is 78.9 Å². The second-order valence-corrected chi connectivity index (χ2v) is 9.08. The molecule has 1 atom stereocenters. The van der Waals surface area contributed by atoms with E-state index in [9.17, 15) is 4.79 Å². The van der Waals surface area contributed by atoms with Gasteiger partial charge in [0.05, 0.1) is 5.56 Å². The molecule has 0 N–H and O–H groups in total. The SMILES string of the molecule is CC(C)N(CCC(c1ccccc1)c1cc(C=S)ccc1OC(=O)c1ccccc1)C(C)C. The number of carbonyl (C=O) groups is 1. The third-order valence-electron chi connectivity index (χ3n) is 5.96. The molecule has 0 saturated carbocycles. The lowest BCUT2D eigenvalue weighted by Crippen LogP contribution is -2.38. The Hall–Kier alpha value is -2.82. The predicted molar refractivity (Wildman–Crippen MR) is 140 cm³/mol. The fraction of sp³-hybridized carbons (Fsp3) is 0.310. The van der Waals surface area contributed by atoms with Gasteiger partial charge in [-0.3, -0.25) is 4.90 Å². The minimum absolute atomic E-state index is 0.0691. The highest BCUT2D eigenvalue weighted by Crippen LogP contribution is 2.36. The van der Waals surface area contributed by atoms with Crippen LogP contribution in [-0.4, -0.2) is 34.9 Å². The lowest BCUT2D eigenvalue weighted by molar-refractivity contribution is 0.0732. The third kappa shape index (κ3) is 6.59. The first-order valence-corrected chi connectivity index (χ1v) is 12.0. The summed E-state index contributed by atoms with van der Waals surface area (Å²) in [6.45, 7) is 9.87. The predicted octanol–water partition coefficient (Wildman–Crippen LogP) is 6.89. The van der Waals surface area contributed by atoms with E-state index in [1.165, 1.54) is 5.56 Å². The molecule has 3 rings (SSSR count). The maximum atomic E-state index is 12.9. The minimum atomic E-state index is -0.357. The number of hydrogen-bond donors (Lipinski definition) is 0. The Labute approximate surface area is 203 Å². The first-order chi connectivity index (χ1) is 15.9. The molecule has 33 heavy (non-hydrogen) atoms. The van der Waals surface area contributed by atoms with E-state index in [2.05, 4.69) is 62.9 Å². The van der Waals surface area contributed by atoms with E-state index in [1.54, 1.807) is 17.5 Å². The van der Waals surface area contributed by atoms with E-state index in [-0.39, 0.29) is 11.9 Å². The van der Waals surface area contributed by atoms with Gasteiger partial charge in [-0.05, 0) is 76.1 Å². The lowest BCUT2D eigenvalue weighted by atomic mass is 9.86. The maximum absolute atomic E-state index is 12.9. The van der Waals surface area contributed by atoms with Gasteiger partial charge >= 0.3 is 5.97 Å². The van der Waals surface area contributed by atoms with Crippen molar-refractivity contribution in [3.63, 3.8) is 0 Å². The van der Waals surface area contributed by atoms with Crippen molar-refractivity contribution in [1.82, 2.24) is 4.90 Å². The zero-order valence-corrected chi connectivity index (χ0v) is 20.7. The fourth-order valence-corrected chi connectivity index (χ4v) is 4.46. The van der Waals surface area contributed by atoms with Crippen LogP contribution in [0.2, 0.25) is 0 Å². The Morgan fingerprint density at radius 2 is 1.52 bits per heavy atom. The summed E-state index contributed by atoms with van der Waals surface area (Å²) in [5.74, 6) is 0.295. The lowest BCUT2D eigenvalue weighted by Gasteiger charge is -2.32. The van der Waals surface area contributed by atoms with Crippen LogP contribution in [0.3, 0.4) is 0 Å². The van der Waals surface area contributed by atoms with Crippen LogP contribution < -0.4 is 4.74 Å². The second kappa shape index (κ2) is 11.9.